The van der Waals surface area contributed by atoms with Crippen LogP contribution in [0.5, 0.6) is 0 Å². The lowest BCUT2D eigenvalue weighted by Gasteiger charge is -2.41. The minimum Gasteiger partial charge on any atom is -0.418 e. The quantitative estimate of drug-likeness (QED) is 0.672. The van der Waals surface area contributed by atoms with Gasteiger partial charge in [-0.15, -0.1) is 0 Å². The van der Waals surface area contributed by atoms with Crippen molar-refractivity contribution in [1.82, 2.24) is 9.47 Å². The van der Waals surface area contributed by atoms with Crippen molar-refractivity contribution < 1.29 is 4.43 Å². The molecule has 0 amide bonds. The molecule has 0 bridgehead atoms. The van der Waals surface area contributed by atoms with Crippen LogP contribution in [-0.4, -0.2) is 65.3 Å². The van der Waals surface area contributed by atoms with Crippen molar-refractivity contribution in [2.24, 2.45) is 0 Å². The van der Waals surface area contributed by atoms with Crippen molar-refractivity contribution in [3.8, 4) is 0 Å². The molecule has 1 aliphatic rings. The monoisotopic (exact) mass is 302 g/mol. The molecule has 0 aromatic rings. The van der Waals surface area contributed by atoms with E-state index in [2.05, 4.69) is 49.1 Å². The van der Waals surface area contributed by atoms with Crippen LogP contribution in [0.2, 0.25) is 38.8 Å². The third-order valence-electron chi connectivity index (χ3n) is 4.11. The Morgan fingerprint density at radius 1 is 0.947 bits per heavy atom. The molecule has 0 spiro atoms. The average Bonchev–Trinajstić information content (AvgIpc) is 2.28. The predicted octanol–water partition coefficient (Wildman–Crippen LogP) is 3.07. The van der Waals surface area contributed by atoms with Gasteiger partial charge >= 0.3 is 0 Å². The number of hydrogen-bond acceptors (Lipinski definition) is 3. The Hall–Kier alpha value is 0.314. The van der Waals surface area contributed by atoms with Crippen LogP contribution in [0.3, 0.4) is 0 Å². The summed E-state index contributed by atoms with van der Waals surface area (Å²) in [4.78, 5) is 2.65. The van der Waals surface area contributed by atoms with Crippen LogP contribution >= 0.6 is 0 Å². The van der Waals surface area contributed by atoms with E-state index in [1.54, 1.807) is 0 Å². The molecule has 1 heterocycles. The molecule has 0 saturated carbocycles. The van der Waals surface area contributed by atoms with E-state index < -0.39 is 16.6 Å². The molecule has 114 valence electrons. The van der Waals surface area contributed by atoms with Crippen molar-refractivity contribution in [3.05, 3.63) is 0 Å². The fraction of sp³-hybridized carbons (Fsp3) is 1.00. The minimum atomic E-state index is -1.36. The van der Waals surface area contributed by atoms with Crippen LogP contribution in [0.15, 0.2) is 0 Å². The maximum absolute atomic E-state index is 5.90. The van der Waals surface area contributed by atoms with E-state index in [0.717, 1.165) is 6.61 Å². The van der Waals surface area contributed by atoms with E-state index in [0.29, 0.717) is 0 Å². The van der Waals surface area contributed by atoms with E-state index in [-0.39, 0.29) is 0 Å². The molecule has 1 aliphatic heterocycles. The summed E-state index contributed by atoms with van der Waals surface area (Å²) in [6.45, 7) is 21.4. The van der Waals surface area contributed by atoms with Crippen LogP contribution in [-0.2, 0) is 4.43 Å². The third-order valence-corrected chi connectivity index (χ3v) is 9.08. The molecular formula is C14H34N2OSi2. The van der Waals surface area contributed by atoms with Crippen molar-refractivity contribution in [1.29, 1.82) is 0 Å². The molecule has 1 rings (SSSR count). The molecule has 19 heavy (non-hydrogen) atoms. The van der Waals surface area contributed by atoms with Crippen molar-refractivity contribution in [2.75, 3.05) is 39.3 Å². The summed E-state index contributed by atoms with van der Waals surface area (Å²) < 4.78 is 8.64. The first kappa shape index (κ1) is 17.4. The standard InChI is InChI=1S/C14H34N2OSi2/c1-7-17-19(5,6)14-8-9-15-10-12-16(13-11-15)18(2,3)4/h7-14H2,1-6H3. The van der Waals surface area contributed by atoms with Gasteiger partial charge in [0.05, 0.1) is 0 Å². The molecule has 0 aliphatic carbocycles. The molecule has 0 unspecified atom stereocenters. The van der Waals surface area contributed by atoms with Gasteiger partial charge in [0.15, 0.2) is 8.32 Å². The number of rotatable bonds is 7. The molecule has 0 atom stereocenters. The second-order valence-electron chi connectivity index (χ2n) is 7.30. The van der Waals surface area contributed by atoms with E-state index >= 15 is 0 Å². The van der Waals surface area contributed by atoms with Gasteiger partial charge < -0.3 is 13.9 Å². The first-order valence-electron chi connectivity index (χ1n) is 7.86. The first-order chi connectivity index (χ1) is 8.74. The molecule has 0 radical (unpaired) electrons. The molecule has 3 nitrogen and oxygen atoms in total. The van der Waals surface area contributed by atoms with Crippen molar-refractivity contribution >= 4 is 16.6 Å². The van der Waals surface area contributed by atoms with Gasteiger partial charge in [-0.25, -0.2) is 0 Å². The molecule has 0 aromatic heterocycles. The van der Waals surface area contributed by atoms with Crippen LogP contribution in [0.25, 0.3) is 0 Å². The van der Waals surface area contributed by atoms with Crippen LogP contribution < -0.4 is 0 Å². The number of piperazine rings is 1. The molecule has 0 aromatic carbocycles. The average molecular weight is 303 g/mol. The zero-order chi connectivity index (χ0) is 14.5. The SMILES string of the molecule is CCO[Si](C)(C)CCCN1CCN([Si](C)(C)C)CC1. The highest BCUT2D eigenvalue weighted by molar-refractivity contribution is 6.73. The normalized spacial score (nSPS) is 19.9. The smallest absolute Gasteiger partial charge is 0.186 e. The summed E-state index contributed by atoms with van der Waals surface area (Å²) in [7, 11) is -2.43. The van der Waals surface area contributed by atoms with Gasteiger partial charge in [-0.05, 0) is 39.0 Å². The topological polar surface area (TPSA) is 15.7 Å². The molecule has 0 N–H and O–H groups in total. The zero-order valence-corrected chi connectivity index (χ0v) is 16.0. The molecular weight excluding hydrogens is 268 g/mol. The van der Waals surface area contributed by atoms with E-state index in [9.17, 15) is 0 Å². The Morgan fingerprint density at radius 2 is 1.53 bits per heavy atom. The summed E-state index contributed by atoms with van der Waals surface area (Å²) in [6, 6.07) is 1.30. The first-order valence-corrected chi connectivity index (χ1v) is 14.4. The van der Waals surface area contributed by atoms with Crippen molar-refractivity contribution in [2.45, 2.75) is 52.1 Å². The number of hydrogen-bond donors (Lipinski definition) is 0. The van der Waals surface area contributed by atoms with Crippen LogP contribution in [0.1, 0.15) is 13.3 Å². The second-order valence-corrected chi connectivity index (χ2v) is 16.6. The van der Waals surface area contributed by atoms with Crippen LogP contribution in [0, 0.1) is 0 Å². The Bertz CT molecular complexity index is 259. The summed E-state index contributed by atoms with van der Waals surface area (Å²) in [5, 5.41) is 0. The Labute approximate surface area is 122 Å². The van der Waals surface area contributed by atoms with Gasteiger partial charge in [-0.3, -0.25) is 0 Å². The third kappa shape index (κ3) is 6.53. The predicted molar refractivity (Wildman–Crippen MR) is 89.9 cm³/mol. The van der Waals surface area contributed by atoms with E-state index in [1.807, 2.05) is 0 Å². The Balaban J connectivity index is 2.20. The molecule has 1 saturated heterocycles. The number of nitrogens with zero attached hydrogens (tertiary/aromatic N) is 2. The molecule has 1 fully saturated rings. The lowest BCUT2D eigenvalue weighted by atomic mass is 10.3. The lowest BCUT2D eigenvalue weighted by Crippen LogP contribution is -2.56. The zero-order valence-electron chi connectivity index (χ0n) is 14.0. The highest BCUT2D eigenvalue weighted by atomic mass is 28.4. The fourth-order valence-electron chi connectivity index (χ4n) is 2.83. The minimum absolute atomic E-state index is 0.883. The van der Waals surface area contributed by atoms with Gasteiger partial charge in [0.1, 0.15) is 8.24 Å². The van der Waals surface area contributed by atoms with E-state index in [4.69, 9.17) is 4.43 Å². The summed E-state index contributed by atoms with van der Waals surface area (Å²) >= 11 is 0. The van der Waals surface area contributed by atoms with Gasteiger partial charge in [0.25, 0.3) is 0 Å². The van der Waals surface area contributed by atoms with Gasteiger partial charge in [0, 0.05) is 32.8 Å². The lowest BCUT2D eigenvalue weighted by molar-refractivity contribution is 0.183. The highest BCUT2D eigenvalue weighted by Gasteiger charge is 2.27. The van der Waals surface area contributed by atoms with Gasteiger partial charge in [0.2, 0.25) is 0 Å². The largest absolute Gasteiger partial charge is 0.418 e. The molecule has 5 heteroatoms. The maximum atomic E-state index is 5.90. The van der Waals surface area contributed by atoms with Gasteiger partial charge in [-0.2, -0.15) is 0 Å². The maximum Gasteiger partial charge on any atom is 0.186 e. The highest BCUT2D eigenvalue weighted by Crippen LogP contribution is 2.16. The second kappa shape index (κ2) is 7.36. The van der Waals surface area contributed by atoms with Crippen LogP contribution in [0.4, 0.5) is 0 Å². The van der Waals surface area contributed by atoms with Crippen molar-refractivity contribution in [3.63, 3.8) is 0 Å². The fourth-order valence-corrected chi connectivity index (χ4v) is 6.31. The van der Waals surface area contributed by atoms with Gasteiger partial charge in [-0.1, -0.05) is 19.6 Å². The summed E-state index contributed by atoms with van der Waals surface area (Å²) in [5.41, 5.74) is 0. The summed E-state index contributed by atoms with van der Waals surface area (Å²) in [5.74, 6) is 0. The van der Waals surface area contributed by atoms with E-state index in [1.165, 1.54) is 45.2 Å². The summed E-state index contributed by atoms with van der Waals surface area (Å²) in [6.07, 6.45) is 1.31. The Kier molecular flexibility index (Phi) is 6.73. The Morgan fingerprint density at radius 3 is 2.00 bits per heavy atom.